The maximum Gasteiger partial charge on any atom is 0.254 e. The molecule has 2 N–H and O–H groups in total. The minimum absolute atomic E-state index is 0.0116. The summed E-state index contributed by atoms with van der Waals surface area (Å²) >= 11 is 0. The molecule has 1 unspecified atom stereocenters. The van der Waals surface area contributed by atoms with Crippen LogP contribution < -0.4 is 5.32 Å². The summed E-state index contributed by atoms with van der Waals surface area (Å²) in [6, 6.07) is 8.02. The third-order valence-electron chi connectivity index (χ3n) is 2.89. The molecule has 1 amide bonds. The number of nitrogens with one attached hydrogen (secondary N) is 1. The molecule has 110 valence electrons. The van der Waals surface area contributed by atoms with Crippen LogP contribution in [0, 0.1) is 17.5 Å². The van der Waals surface area contributed by atoms with Crippen molar-refractivity contribution >= 4 is 5.91 Å². The topological polar surface area (TPSA) is 49.3 Å². The number of rotatable bonds is 4. The number of carbonyl (C=O) groups excluding carboxylic acids is 1. The lowest BCUT2D eigenvalue weighted by molar-refractivity contribution is 0.0909. The van der Waals surface area contributed by atoms with Crippen LogP contribution in [-0.2, 0) is 0 Å². The van der Waals surface area contributed by atoms with Crippen LogP contribution in [0.1, 0.15) is 22.0 Å². The Bertz CT molecular complexity index is 661. The van der Waals surface area contributed by atoms with Gasteiger partial charge in [-0.25, -0.2) is 13.2 Å². The number of amides is 1. The molecular formula is C15H12F3NO2. The molecule has 0 heterocycles. The second kappa shape index (κ2) is 6.41. The fourth-order valence-corrected chi connectivity index (χ4v) is 1.81. The van der Waals surface area contributed by atoms with Crippen molar-refractivity contribution in [2.24, 2.45) is 0 Å². The lowest BCUT2D eigenvalue weighted by Gasteiger charge is -2.13. The SMILES string of the molecule is O=C(NCC(O)c1ccccc1F)c1cc(F)ccc1F. The second-order valence-electron chi connectivity index (χ2n) is 4.37. The minimum Gasteiger partial charge on any atom is -0.386 e. The van der Waals surface area contributed by atoms with Crippen molar-refractivity contribution in [3.63, 3.8) is 0 Å². The lowest BCUT2D eigenvalue weighted by Crippen LogP contribution is -2.29. The summed E-state index contributed by atoms with van der Waals surface area (Å²) in [5.74, 6) is -3.14. The van der Waals surface area contributed by atoms with Crippen molar-refractivity contribution < 1.29 is 23.1 Å². The van der Waals surface area contributed by atoms with Gasteiger partial charge in [0.2, 0.25) is 0 Å². The first-order valence-corrected chi connectivity index (χ1v) is 6.15. The van der Waals surface area contributed by atoms with Gasteiger partial charge in [-0.05, 0) is 24.3 Å². The third kappa shape index (κ3) is 3.61. The smallest absolute Gasteiger partial charge is 0.254 e. The predicted octanol–water partition coefficient (Wildman–Crippen LogP) is 2.57. The second-order valence-corrected chi connectivity index (χ2v) is 4.37. The summed E-state index contributed by atoms with van der Waals surface area (Å²) in [7, 11) is 0. The molecule has 0 saturated carbocycles. The molecule has 21 heavy (non-hydrogen) atoms. The van der Waals surface area contributed by atoms with Crippen molar-refractivity contribution in [1.29, 1.82) is 0 Å². The van der Waals surface area contributed by atoms with Gasteiger partial charge >= 0.3 is 0 Å². The summed E-state index contributed by atoms with van der Waals surface area (Å²) < 4.78 is 39.8. The Morgan fingerprint density at radius 1 is 1.10 bits per heavy atom. The average Bonchev–Trinajstić information content (AvgIpc) is 2.47. The number of benzene rings is 2. The van der Waals surface area contributed by atoms with Gasteiger partial charge < -0.3 is 10.4 Å². The lowest BCUT2D eigenvalue weighted by atomic mass is 10.1. The highest BCUT2D eigenvalue weighted by atomic mass is 19.1. The van der Waals surface area contributed by atoms with Gasteiger partial charge in [-0.3, -0.25) is 4.79 Å². The summed E-state index contributed by atoms with van der Waals surface area (Å²) in [6.45, 7) is -0.324. The van der Waals surface area contributed by atoms with Gasteiger partial charge in [0.1, 0.15) is 17.5 Å². The molecule has 2 aromatic rings. The van der Waals surface area contributed by atoms with E-state index in [9.17, 15) is 23.1 Å². The molecule has 2 aromatic carbocycles. The minimum atomic E-state index is -1.29. The van der Waals surface area contributed by atoms with E-state index >= 15 is 0 Å². The van der Waals surface area contributed by atoms with Gasteiger partial charge in [0, 0.05) is 12.1 Å². The quantitative estimate of drug-likeness (QED) is 0.911. The Kier molecular flexibility index (Phi) is 4.59. The Morgan fingerprint density at radius 2 is 1.81 bits per heavy atom. The first-order chi connectivity index (χ1) is 9.99. The molecule has 3 nitrogen and oxygen atoms in total. The normalized spacial score (nSPS) is 12.0. The van der Waals surface area contributed by atoms with E-state index in [0.29, 0.717) is 0 Å². The number of aliphatic hydroxyl groups is 1. The first kappa shape index (κ1) is 15.1. The molecule has 6 heteroatoms. The fraction of sp³-hybridized carbons (Fsp3) is 0.133. The van der Waals surface area contributed by atoms with Gasteiger partial charge in [-0.1, -0.05) is 18.2 Å². The maximum absolute atomic E-state index is 13.4. The van der Waals surface area contributed by atoms with E-state index < -0.39 is 35.0 Å². The Labute approximate surface area is 119 Å². The van der Waals surface area contributed by atoms with E-state index in [1.54, 1.807) is 0 Å². The third-order valence-corrected chi connectivity index (χ3v) is 2.89. The molecule has 0 radical (unpaired) electrons. The number of hydrogen-bond donors (Lipinski definition) is 2. The van der Waals surface area contributed by atoms with Crippen LogP contribution >= 0.6 is 0 Å². The van der Waals surface area contributed by atoms with Crippen molar-refractivity contribution in [3.05, 3.63) is 71.0 Å². The van der Waals surface area contributed by atoms with E-state index in [-0.39, 0.29) is 12.1 Å². The van der Waals surface area contributed by atoms with E-state index in [2.05, 4.69) is 5.32 Å². The zero-order chi connectivity index (χ0) is 15.4. The van der Waals surface area contributed by atoms with Gasteiger partial charge in [0.15, 0.2) is 0 Å². The van der Waals surface area contributed by atoms with Crippen molar-refractivity contribution in [2.45, 2.75) is 6.10 Å². The van der Waals surface area contributed by atoms with Gasteiger partial charge in [0.05, 0.1) is 11.7 Å². The zero-order valence-corrected chi connectivity index (χ0v) is 10.8. The number of aliphatic hydroxyl groups excluding tert-OH is 1. The standard InChI is InChI=1S/C15H12F3NO2/c16-9-5-6-13(18)11(7-9)15(21)19-8-14(20)10-3-1-2-4-12(10)17/h1-7,14,20H,8H2,(H,19,21). The van der Waals surface area contributed by atoms with Crippen molar-refractivity contribution in [3.8, 4) is 0 Å². The maximum atomic E-state index is 13.4. The molecule has 0 aliphatic carbocycles. The molecule has 1 atom stereocenters. The van der Waals surface area contributed by atoms with Gasteiger partial charge in [-0.15, -0.1) is 0 Å². The van der Waals surface area contributed by atoms with Gasteiger partial charge in [-0.2, -0.15) is 0 Å². The molecule has 0 aliphatic heterocycles. The Morgan fingerprint density at radius 3 is 2.52 bits per heavy atom. The molecule has 0 aliphatic rings. The van der Waals surface area contributed by atoms with Crippen molar-refractivity contribution in [1.82, 2.24) is 5.32 Å². The molecule has 0 spiro atoms. The number of halogens is 3. The number of hydrogen-bond acceptors (Lipinski definition) is 2. The molecular weight excluding hydrogens is 283 g/mol. The van der Waals surface area contributed by atoms with E-state index in [4.69, 9.17) is 0 Å². The highest BCUT2D eigenvalue weighted by Crippen LogP contribution is 2.16. The average molecular weight is 295 g/mol. The van der Waals surface area contributed by atoms with Crippen LogP contribution in [0.4, 0.5) is 13.2 Å². The van der Waals surface area contributed by atoms with Gasteiger partial charge in [0.25, 0.3) is 5.91 Å². The number of carbonyl (C=O) groups is 1. The van der Waals surface area contributed by atoms with E-state index in [0.717, 1.165) is 18.2 Å². The molecule has 0 bridgehead atoms. The Hall–Kier alpha value is -2.34. The van der Waals surface area contributed by atoms with Crippen molar-refractivity contribution in [2.75, 3.05) is 6.54 Å². The monoisotopic (exact) mass is 295 g/mol. The summed E-state index contributed by atoms with van der Waals surface area (Å²) in [4.78, 5) is 11.7. The van der Waals surface area contributed by atoms with Crippen LogP contribution in [0.3, 0.4) is 0 Å². The largest absolute Gasteiger partial charge is 0.386 e. The van der Waals surface area contributed by atoms with Crippen LogP contribution in [0.2, 0.25) is 0 Å². The first-order valence-electron chi connectivity index (χ1n) is 6.15. The molecule has 0 saturated heterocycles. The van der Waals surface area contributed by atoms with Crippen LogP contribution in [-0.4, -0.2) is 17.6 Å². The van der Waals surface area contributed by atoms with Crippen LogP contribution in [0.5, 0.6) is 0 Å². The van der Waals surface area contributed by atoms with E-state index in [1.165, 1.54) is 24.3 Å². The highest BCUT2D eigenvalue weighted by Gasteiger charge is 2.16. The zero-order valence-electron chi connectivity index (χ0n) is 10.8. The molecule has 0 aromatic heterocycles. The molecule has 0 fully saturated rings. The highest BCUT2D eigenvalue weighted by molar-refractivity contribution is 5.94. The van der Waals surface area contributed by atoms with Crippen LogP contribution in [0.25, 0.3) is 0 Å². The Balaban J connectivity index is 2.04. The summed E-state index contributed by atoms with van der Waals surface area (Å²) in [6.07, 6.45) is -1.29. The molecule has 2 rings (SSSR count). The summed E-state index contributed by atoms with van der Waals surface area (Å²) in [5.41, 5.74) is -0.465. The predicted molar refractivity (Wildman–Crippen MR) is 70.1 cm³/mol. The fourth-order valence-electron chi connectivity index (χ4n) is 1.81. The van der Waals surface area contributed by atoms with Crippen LogP contribution in [0.15, 0.2) is 42.5 Å². The summed E-state index contributed by atoms with van der Waals surface area (Å²) in [5, 5.41) is 12.0. The van der Waals surface area contributed by atoms with E-state index in [1.807, 2.05) is 0 Å².